The Morgan fingerprint density at radius 1 is 1.25 bits per heavy atom. The van der Waals surface area contributed by atoms with Crippen LogP contribution in [-0.2, 0) is 18.0 Å². The Labute approximate surface area is 142 Å². The molecule has 0 radical (unpaired) electrons. The zero-order chi connectivity index (χ0) is 17.9. The number of alkyl halides is 3. The van der Waals surface area contributed by atoms with Crippen LogP contribution in [0.4, 0.5) is 13.2 Å². The Hall–Kier alpha value is -1.96. The van der Waals surface area contributed by atoms with Crippen LogP contribution in [0.2, 0.25) is 0 Å². The first-order valence-corrected chi connectivity index (χ1v) is 8.32. The predicted molar refractivity (Wildman–Crippen MR) is 86.0 cm³/mol. The Morgan fingerprint density at radius 2 is 1.88 bits per heavy atom. The van der Waals surface area contributed by atoms with E-state index in [1.54, 1.807) is 18.5 Å². The number of halogens is 3. The van der Waals surface area contributed by atoms with Crippen LogP contribution in [0.15, 0.2) is 29.3 Å². The van der Waals surface area contributed by atoms with E-state index in [0.717, 1.165) is 17.9 Å². The van der Waals surface area contributed by atoms with Crippen LogP contribution in [0.3, 0.4) is 0 Å². The number of benzene rings is 1. The maximum Gasteiger partial charge on any atom is 0.416 e. The van der Waals surface area contributed by atoms with Crippen LogP contribution in [0.25, 0.3) is 11.4 Å². The van der Waals surface area contributed by atoms with Crippen LogP contribution in [-0.4, -0.2) is 27.9 Å². The van der Waals surface area contributed by atoms with Crippen molar-refractivity contribution < 1.29 is 22.7 Å². The summed E-state index contributed by atoms with van der Waals surface area (Å²) >= 11 is 1.43. The van der Waals surface area contributed by atoms with E-state index in [1.807, 2.05) is 6.92 Å². The fourth-order valence-electron chi connectivity index (χ4n) is 2.18. The average molecular weight is 358 g/mol. The number of hydrogen-bond acceptors (Lipinski definition) is 4. The summed E-state index contributed by atoms with van der Waals surface area (Å²) in [5.74, 6) is 0.600. The van der Waals surface area contributed by atoms with Crippen molar-refractivity contribution in [2.75, 3.05) is 12.4 Å². The summed E-state index contributed by atoms with van der Waals surface area (Å²) in [4.78, 5) is 16.4. The zero-order valence-corrected chi connectivity index (χ0v) is 14.3. The number of imidazole rings is 1. The summed E-state index contributed by atoms with van der Waals surface area (Å²) in [5.41, 5.74) is -0.0469. The number of ether oxygens (including phenoxy) is 1. The topological polar surface area (TPSA) is 44.1 Å². The van der Waals surface area contributed by atoms with E-state index in [9.17, 15) is 18.0 Å². The highest BCUT2D eigenvalue weighted by molar-refractivity contribution is 7.99. The second kappa shape index (κ2) is 7.29. The number of carbonyl (C=O) groups excluding carboxylic acids is 1. The molecule has 0 saturated carbocycles. The van der Waals surface area contributed by atoms with Crippen LogP contribution < -0.4 is 0 Å². The van der Waals surface area contributed by atoms with Crippen molar-refractivity contribution >= 4 is 17.7 Å². The fourth-order valence-corrected chi connectivity index (χ4v) is 3.00. The third-order valence-corrected chi connectivity index (χ3v) is 4.29. The molecule has 1 aromatic heterocycles. The molecule has 1 aromatic carbocycles. The zero-order valence-electron chi connectivity index (χ0n) is 13.5. The van der Waals surface area contributed by atoms with Gasteiger partial charge in [0, 0.05) is 12.6 Å². The quantitative estimate of drug-likeness (QED) is 0.587. The maximum absolute atomic E-state index is 12.7. The third-order valence-electron chi connectivity index (χ3n) is 3.26. The van der Waals surface area contributed by atoms with Gasteiger partial charge in [0.2, 0.25) is 0 Å². The lowest BCUT2D eigenvalue weighted by Gasteiger charge is -2.08. The Morgan fingerprint density at radius 3 is 2.38 bits per heavy atom. The number of nitrogens with zero attached hydrogens (tertiary/aromatic N) is 2. The van der Waals surface area contributed by atoms with Gasteiger partial charge in [-0.1, -0.05) is 19.1 Å². The molecular formula is C16H17F3N2O2S. The van der Waals surface area contributed by atoms with Crippen molar-refractivity contribution in [3.05, 3.63) is 35.5 Å². The van der Waals surface area contributed by atoms with Gasteiger partial charge in [-0.05, 0) is 24.8 Å². The van der Waals surface area contributed by atoms with Crippen molar-refractivity contribution in [3.63, 3.8) is 0 Å². The molecule has 0 bridgehead atoms. The van der Waals surface area contributed by atoms with Gasteiger partial charge in [0.25, 0.3) is 0 Å². The molecule has 0 amide bonds. The molecule has 0 aliphatic carbocycles. The van der Waals surface area contributed by atoms with Gasteiger partial charge in [0.15, 0.2) is 5.69 Å². The molecule has 1 heterocycles. The summed E-state index contributed by atoms with van der Waals surface area (Å²) in [6.45, 7) is 3.86. The van der Waals surface area contributed by atoms with E-state index in [1.165, 1.54) is 23.9 Å². The van der Waals surface area contributed by atoms with Crippen LogP contribution in [0.5, 0.6) is 0 Å². The number of aromatic nitrogens is 2. The Balaban J connectivity index is 2.47. The highest BCUT2D eigenvalue weighted by atomic mass is 32.2. The molecule has 0 spiro atoms. The average Bonchev–Trinajstić information content (AvgIpc) is 2.85. The molecule has 0 aliphatic rings. The molecule has 24 heavy (non-hydrogen) atoms. The highest BCUT2D eigenvalue weighted by Gasteiger charge is 2.30. The molecule has 0 aliphatic heterocycles. The van der Waals surface area contributed by atoms with Gasteiger partial charge in [-0.25, -0.2) is 9.78 Å². The number of hydrogen-bond donors (Lipinski definition) is 0. The largest absolute Gasteiger partial charge is 0.461 e. The molecule has 130 valence electrons. The summed E-state index contributed by atoms with van der Waals surface area (Å²) in [5, 5.41) is 0.630. The minimum absolute atomic E-state index is 0.182. The van der Waals surface area contributed by atoms with Crippen molar-refractivity contribution in [1.82, 2.24) is 9.55 Å². The second-order valence-corrected chi connectivity index (χ2v) is 6.13. The third kappa shape index (κ3) is 3.75. The number of carbonyl (C=O) groups is 1. The molecule has 2 rings (SSSR count). The van der Waals surface area contributed by atoms with Crippen molar-refractivity contribution in [1.29, 1.82) is 0 Å². The van der Waals surface area contributed by atoms with E-state index in [2.05, 4.69) is 4.98 Å². The Kier molecular flexibility index (Phi) is 5.58. The van der Waals surface area contributed by atoms with Crippen LogP contribution in [0, 0.1) is 0 Å². The normalized spacial score (nSPS) is 11.6. The van der Waals surface area contributed by atoms with Gasteiger partial charge >= 0.3 is 12.1 Å². The summed E-state index contributed by atoms with van der Waals surface area (Å²) in [7, 11) is 1.72. The highest BCUT2D eigenvalue weighted by Crippen LogP contribution is 2.32. The lowest BCUT2D eigenvalue weighted by Crippen LogP contribution is -2.07. The van der Waals surface area contributed by atoms with Crippen molar-refractivity contribution in [2.45, 2.75) is 25.0 Å². The van der Waals surface area contributed by atoms with Crippen LogP contribution >= 0.6 is 11.8 Å². The lowest BCUT2D eigenvalue weighted by molar-refractivity contribution is -0.137. The molecule has 0 saturated heterocycles. The monoisotopic (exact) mass is 358 g/mol. The molecule has 0 atom stereocenters. The number of thioether (sulfide) groups is 1. The Bertz CT molecular complexity index is 724. The van der Waals surface area contributed by atoms with Gasteiger partial charge < -0.3 is 9.30 Å². The molecule has 0 N–H and O–H groups in total. The van der Waals surface area contributed by atoms with Gasteiger partial charge in [0.1, 0.15) is 10.9 Å². The van der Waals surface area contributed by atoms with E-state index in [4.69, 9.17) is 4.74 Å². The smallest absolute Gasteiger partial charge is 0.416 e. The molecule has 2 aromatic rings. The van der Waals surface area contributed by atoms with Crippen molar-refractivity contribution in [2.24, 2.45) is 7.05 Å². The molecule has 0 fully saturated rings. The van der Waals surface area contributed by atoms with E-state index in [-0.39, 0.29) is 12.3 Å². The van der Waals surface area contributed by atoms with Gasteiger partial charge in [-0.2, -0.15) is 13.2 Å². The van der Waals surface area contributed by atoms with Gasteiger partial charge in [-0.15, -0.1) is 11.8 Å². The first kappa shape index (κ1) is 18.4. The predicted octanol–water partition coefficient (Wildman–Crippen LogP) is 4.39. The standard InChI is InChI=1S/C16H17F3N2O2S/c1-4-23-15(22)12-14(24-5-2)21(3)13(20-12)10-6-8-11(9-7-10)16(17,18)19/h6-9H,4-5H2,1-3H3. The van der Waals surface area contributed by atoms with E-state index >= 15 is 0 Å². The maximum atomic E-state index is 12.7. The first-order valence-electron chi connectivity index (χ1n) is 7.33. The minimum atomic E-state index is -4.39. The molecule has 0 unspecified atom stereocenters. The molecule has 8 heteroatoms. The SMILES string of the molecule is CCOC(=O)c1nc(-c2ccc(C(F)(F)F)cc2)n(C)c1SCC. The first-order chi connectivity index (χ1) is 11.3. The fraction of sp³-hybridized carbons (Fsp3) is 0.375. The van der Waals surface area contributed by atoms with Gasteiger partial charge in [0.05, 0.1) is 12.2 Å². The van der Waals surface area contributed by atoms with E-state index in [0.29, 0.717) is 16.4 Å². The van der Waals surface area contributed by atoms with E-state index < -0.39 is 17.7 Å². The van der Waals surface area contributed by atoms with Gasteiger partial charge in [-0.3, -0.25) is 0 Å². The van der Waals surface area contributed by atoms with Crippen LogP contribution in [0.1, 0.15) is 29.9 Å². The minimum Gasteiger partial charge on any atom is -0.461 e. The summed E-state index contributed by atoms with van der Waals surface area (Å²) in [6.07, 6.45) is -4.39. The number of esters is 1. The second-order valence-electron chi connectivity index (χ2n) is 4.88. The lowest BCUT2D eigenvalue weighted by atomic mass is 10.1. The summed E-state index contributed by atoms with van der Waals surface area (Å²) < 4.78 is 44.7. The van der Waals surface area contributed by atoms with Crippen molar-refractivity contribution in [3.8, 4) is 11.4 Å². The summed E-state index contributed by atoms with van der Waals surface area (Å²) in [6, 6.07) is 4.70. The molecular weight excluding hydrogens is 341 g/mol. The number of rotatable bonds is 5. The molecule has 4 nitrogen and oxygen atoms in total.